The number of hydrogen-bond acceptors (Lipinski definition) is 4. The van der Waals surface area contributed by atoms with E-state index in [-0.39, 0.29) is 17.7 Å². The number of carbonyl (C=O) groups is 1. The fraction of sp³-hybridized carbons (Fsp3) is 0.429. The smallest absolute Gasteiger partial charge is 0.411 e. The predicted octanol–water partition coefficient (Wildman–Crippen LogP) is 5.13. The summed E-state index contributed by atoms with van der Waals surface area (Å²) in [7, 11) is 1.73. The summed E-state index contributed by atoms with van der Waals surface area (Å²) in [6, 6.07) is 11.3. The predicted molar refractivity (Wildman–Crippen MR) is 133 cm³/mol. The Labute approximate surface area is 201 Å². The molecule has 1 amide bonds. The van der Waals surface area contributed by atoms with Crippen LogP contribution in [0.25, 0.3) is 11.1 Å². The SMILES string of the molecule is C[C@@H](c1ccc(-c2ccn(C)c(=O)c2)cc1)N1CC[C@](CC(C)(C)O)(C2=CC=CCC2)OC1=O. The van der Waals surface area contributed by atoms with Crippen LogP contribution in [-0.2, 0) is 11.8 Å². The van der Waals surface area contributed by atoms with E-state index in [2.05, 4.69) is 6.08 Å². The summed E-state index contributed by atoms with van der Waals surface area (Å²) >= 11 is 0. The third-order valence-corrected chi connectivity index (χ3v) is 6.89. The molecule has 6 heteroatoms. The fourth-order valence-electron chi connectivity index (χ4n) is 5.03. The van der Waals surface area contributed by atoms with E-state index in [0.717, 1.165) is 35.1 Å². The van der Waals surface area contributed by atoms with E-state index < -0.39 is 11.2 Å². The molecule has 0 unspecified atom stereocenters. The average molecular weight is 463 g/mol. The van der Waals surface area contributed by atoms with Crippen LogP contribution in [0.3, 0.4) is 0 Å². The number of aliphatic hydroxyl groups is 1. The topological polar surface area (TPSA) is 71.8 Å². The highest BCUT2D eigenvalue weighted by Crippen LogP contribution is 2.42. The zero-order chi connectivity index (χ0) is 24.5. The van der Waals surface area contributed by atoms with Crippen LogP contribution in [0.5, 0.6) is 0 Å². The van der Waals surface area contributed by atoms with Crippen LogP contribution >= 0.6 is 0 Å². The first-order chi connectivity index (χ1) is 16.1. The van der Waals surface area contributed by atoms with Gasteiger partial charge in [-0.25, -0.2) is 4.79 Å². The van der Waals surface area contributed by atoms with Crippen LogP contribution in [0.15, 0.2) is 71.2 Å². The number of nitrogens with zero attached hydrogens (tertiary/aromatic N) is 2. The van der Waals surface area contributed by atoms with Crippen molar-refractivity contribution in [2.24, 2.45) is 7.05 Å². The van der Waals surface area contributed by atoms with Gasteiger partial charge in [-0.15, -0.1) is 0 Å². The van der Waals surface area contributed by atoms with Gasteiger partial charge in [0.05, 0.1) is 11.6 Å². The molecule has 0 bridgehead atoms. The molecule has 34 heavy (non-hydrogen) atoms. The molecule has 1 fully saturated rings. The molecule has 4 rings (SSSR count). The molecule has 1 aliphatic carbocycles. The number of amides is 1. The summed E-state index contributed by atoms with van der Waals surface area (Å²) in [5.41, 5.74) is 2.12. The molecule has 1 aromatic heterocycles. The van der Waals surface area contributed by atoms with Gasteiger partial charge in [-0.1, -0.05) is 42.5 Å². The Morgan fingerprint density at radius 1 is 1.15 bits per heavy atom. The third kappa shape index (κ3) is 5.02. The molecule has 2 heterocycles. The Hall–Kier alpha value is -3.12. The minimum Gasteiger partial charge on any atom is -0.438 e. The van der Waals surface area contributed by atoms with E-state index in [1.165, 1.54) is 0 Å². The largest absolute Gasteiger partial charge is 0.438 e. The van der Waals surface area contributed by atoms with Gasteiger partial charge in [-0.2, -0.15) is 0 Å². The molecule has 0 spiro atoms. The number of rotatable bonds is 6. The van der Waals surface area contributed by atoms with Gasteiger partial charge in [0, 0.05) is 38.7 Å². The summed E-state index contributed by atoms with van der Waals surface area (Å²) < 4.78 is 7.69. The van der Waals surface area contributed by atoms with Gasteiger partial charge in [0.15, 0.2) is 0 Å². The number of carbonyl (C=O) groups excluding carboxylic acids is 1. The van der Waals surface area contributed by atoms with E-state index in [0.29, 0.717) is 19.4 Å². The number of hydrogen-bond donors (Lipinski definition) is 1. The molecule has 180 valence electrons. The second-order valence-electron chi connectivity index (χ2n) is 10.1. The molecule has 2 aromatic rings. The molecular weight excluding hydrogens is 428 g/mol. The van der Waals surface area contributed by atoms with Crippen LogP contribution in [-0.4, -0.2) is 38.4 Å². The van der Waals surface area contributed by atoms with Crippen molar-refractivity contribution in [3.63, 3.8) is 0 Å². The second-order valence-corrected chi connectivity index (χ2v) is 10.1. The van der Waals surface area contributed by atoms with Crippen molar-refractivity contribution in [3.8, 4) is 11.1 Å². The third-order valence-electron chi connectivity index (χ3n) is 6.89. The van der Waals surface area contributed by atoms with Gasteiger partial charge in [-0.3, -0.25) is 4.79 Å². The highest BCUT2D eigenvalue weighted by molar-refractivity contribution is 5.71. The zero-order valence-corrected chi connectivity index (χ0v) is 20.5. The molecule has 0 radical (unpaired) electrons. The average Bonchev–Trinajstić information content (AvgIpc) is 2.80. The summed E-state index contributed by atoms with van der Waals surface area (Å²) in [5, 5.41) is 10.6. The normalized spacial score (nSPS) is 21.7. The van der Waals surface area contributed by atoms with Gasteiger partial charge >= 0.3 is 6.09 Å². The second kappa shape index (κ2) is 9.26. The molecule has 1 N–H and O–H groups in total. The van der Waals surface area contributed by atoms with E-state index in [1.807, 2.05) is 49.4 Å². The molecule has 6 nitrogen and oxygen atoms in total. The van der Waals surface area contributed by atoms with Gasteiger partial charge in [-0.05, 0) is 61.9 Å². The van der Waals surface area contributed by atoms with Crippen molar-refractivity contribution in [1.82, 2.24) is 9.47 Å². The van der Waals surface area contributed by atoms with Crippen molar-refractivity contribution in [2.75, 3.05) is 6.54 Å². The summed E-state index contributed by atoms with van der Waals surface area (Å²) in [5.74, 6) is 0. The lowest BCUT2D eigenvalue weighted by atomic mass is 9.77. The number of benzene rings is 1. The molecule has 1 saturated heterocycles. The number of aryl methyl sites for hydroxylation is 1. The van der Waals surface area contributed by atoms with E-state index in [1.54, 1.807) is 42.6 Å². The summed E-state index contributed by atoms with van der Waals surface area (Å²) in [6.45, 7) is 6.08. The minimum atomic E-state index is -0.954. The molecule has 1 aliphatic heterocycles. The van der Waals surface area contributed by atoms with Gasteiger partial charge in [0.1, 0.15) is 5.60 Å². The van der Waals surface area contributed by atoms with Crippen molar-refractivity contribution >= 4 is 6.09 Å². The Morgan fingerprint density at radius 2 is 1.88 bits per heavy atom. The Morgan fingerprint density at radius 3 is 2.47 bits per heavy atom. The lowest BCUT2D eigenvalue weighted by molar-refractivity contribution is -0.0776. The lowest BCUT2D eigenvalue weighted by Crippen LogP contribution is -2.53. The standard InChI is InChI=1S/C28H34N2O4/c1-20(21-10-12-22(13-11-21)23-14-16-29(4)25(31)18-23)30-17-15-28(34-26(30)32,19-27(2,3)33)24-8-6-5-7-9-24/h5-6,8,10-14,16,18,20,33H,7,9,15,17,19H2,1-4H3/t20-,28-/m0/s1. The Bertz CT molecular complexity index is 1170. The first-order valence-electron chi connectivity index (χ1n) is 11.9. The maximum absolute atomic E-state index is 13.3. The minimum absolute atomic E-state index is 0.0517. The number of cyclic esters (lactones) is 1. The van der Waals surface area contributed by atoms with E-state index in [9.17, 15) is 14.7 Å². The number of aromatic nitrogens is 1. The summed E-state index contributed by atoms with van der Waals surface area (Å²) in [6.07, 6.45) is 10.3. The van der Waals surface area contributed by atoms with Crippen LogP contribution in [0.1, 0.15) is 58.1 Å². The first kappa shape index (κ1) is 24.0. The van der Waals surface area contributed by atoms with Gasteiger partial charge < -0.3 is 19.3 Å². The molecule has 2 atom stereocenters. The van der Waals surface area contributed by atoms with E-state index in [4.69, 9.17) is 4.74 Å². The highest BCUT2D eigenvalue weighted by Gasteiger charge is 2.47. The molecular formula is C28H34N2O4. The van der Waals surface area contributed by atoms with Crippen LogP contribution in [0.2, 0.25) is 0 Å². The van der Waals surface area contributed by atoms with Crippen LogP contribution < -0.4 is 5.56 Å². The summed E-state index contributed by atoms with van der Waals surface area (Å²) in [4.78, 5) is 27.0. The van der Waals surface area contributed by atoms with Crippen LogP contribution in [0.4, 0.5) is 4.79 Å². The Balaban J connectivity index is 1.52. The van der Waals surface area contributed by atoms with Crippen LogP contribution in [0, 0.1) is 0 Å². The molecule has 2 aliphatic rings. The van der Waals surface area contributed by atoms with Crippen molar-refractivity contribution in [3.05, 3.63) is 82.3 Å². The van der Waals surface area contributed by atoms with Crippen molar-refractivity contribution < 1.29 is 14.6 Å². The zero-order valence-electron chi connectivity index (χ0n) is 20.5. The molecule has 1 aromatic carbocycles. The molecule has 0 saturated carbocycles. The number of allylic oxidation sites excluding steroid dienone is 3. The maximum Gasteiger partial charge on any atom is 0.411 e. The van der Waals surface area contributed by atoms with E-state index >= 15 is 0 Å². The van der Waals surface area contributed by atoms with Crippen molar-refractivity contribution in [2.45, 2.75) is 63.7 Å². The fourth-order valence-corrected chi connectivity index (χ4v) is 5.03. The quantitative estimate of drug-likeness (QED) is 0.646. The number of ether oxygens (including phenoxy) is 1. The van der Waals surface area contributed by atoms with Gasteiger partial charge in [0.25, 0.3) is 5.56 Å². The van der Waals surface area contributed by atoms with Gasteiger partial charge in [0.2, 0.25) is 0 Å². The van der Waals surface area contributed by atoms with Crippen molar-refractivity contribution in [1.29, 1.82) is 0 Å². The first-order valence-corrected chi connectivity index (χ1v) is 11.9. The monoisotopic (exact) mass is 462 g/mol. The highest BCUT2D eigenvalue weighted by atomic mass is 16.6. The lowest BCUT2D eigenvalue weighted by Gasteiger charge is -2.46. The number of pyridine rings is 1. The Kier molecular flexibility index (Phi) is 6.54. The maximum atomic E-state index is 13.3.